The molecule has 5 nitrogen and oxygen atoms in total. The zero-order chi connectivity index (χ0) is 13.2. The van der Waals surface area contributed by atoms with Crippen molar-refractivity contribution < 1.29 is 4.79 Å². The molecule has 1 rings (SSSR count). The Labute approximate surface area is 110 Å². The van der Waals surface area contributed by atoms with Crippen LogP contribution in [-0.4, -0.2) is 39.0 Å². The molecule has 17 heavy (non-hydrogen) atoms. The van der Waals surface area contributed by atoms with E-state index in [-0.39, 0.29) is 22.9 Å². The van der Waals surface area contributed by atoms with E-state index in [0.717, 1.165) is 11.5 Å². The molecule has 0 radical (unpaired) electrons. The number of rotatable bonds is 3. The van der Waals surface area contributed by atoms with Gasteiger partial charge in [0, 0.05) is 12.5 Å². The van der Waals surface area contributed by atoms with Crippen LogP contribution in [0.5, 0.6) is 0 Å². The molecule has 0 aliphatic carbocycles. The van der Waals surface area contributed by atoms with Crippen molar-refractivity contribution >= 4 is 34.6 Å². The smallest absolute Gasteiger partial charge is 0.267 e. The van der Waals surface area contributed by atoms with Gasteiger partial charge in [-0.05, 0) is 11.5 Å². The van der Waals surface area contributed by atoms with Gasteiger partial charge in [0.1, 0.15) is 4.88 Å². The molecule has 0 spiro atoms. The van der Waals surface area contributed by atoms with E-state index in [1.165, 1.54) is 4.90 Å². The molecule has 0 aromatic carbocycles. The monoisotopic (exact) mass is 272 g/mol. The lowest BCUT2D eigenvalue weighted by molar-refractivity contribution is 0.0817. The summed E-state index contributed by atoms with van der Waals surface area (Å²) in [5, 5.41) is 4.03. The molecule has 0 unspecified atom stereocenters. The van der Waals surface area contributed by atoms with Gasteiger partial charge in [0.15, 0.2) is 0 Å². The molecule has 0 saturated heterocycles. The number of hydrogen-bond donors (Lipinski definition) is 1. The highest BCUT2D eigenvalue weighted by Gasteiger charge is 2.27. The zero-order valence-corrected chi connectivity index (χ0v) is 12.0. The van der Waals surface area contributed by atoms with Crippen molar-refractivity contribution in [3.05, 3.63) is 10.6 Å². The quantitative estimate of drug-likeness (QED) is 0.837. The van der Waals surface area contributed by atoms with E-state index in [9.17, 15) is 4.79 Å². The molecule has 0 aliphatic rings. The van der Waals surface area contributed by atoms with Gasteiger partial charge in [-0.25, -0.2) is 0 Å². The molecule has 0 saturated carbocycles. The minimum atomic E-state index is -0.206. The largest absolute Gasteiger partial charge is 0.392 e. The van der Waals surface area contributed by atoms with Crippen LogP contribution in [0.1, 0.15) is 36.1 Å². The molecule has 7 heteroatoms. The van der Waals surface area contributed by atoms with Gasteiger partial charge in [-0.2, -0.15) is 0 Å². The Morgan fingerprint density at radius 3 is 2.59 bits per heavy atom. The molecule has 1 heterocycles. The summed E-state index contributed by atoms with van der Waals surface area (Å²) in [5.74, 6) is -0.141. The van der Waals surface area contributed by atoms with Crippen LogP contribution in [0.3, 0.4) is 0 Å². The van der Waals surface area contributed by atoms with Gasteiger partial charge >= 0.3 is 0 Å². The third-order valence-electron chi connectivity index (χ3n) is 2.13. The van der Waals surface area contributed by atoms with Gasteiger partial charge < -0.3 is 10.6 Å². The second-order valence-corrected chi connectivity index (χ2v) is 6.11. The van der Waals surface area contributed by atoms with Crippen LogP contribution in [0.15, 0.2) is 0 Å². The first kappa shape index (κ1) is 14.0. The first-order chi connectivity index (χ1) is 7.73. The first-order valence-electron chi connectivity index (χ1n) is 5.10. The Kier molecular flexibility index (Phi) is 4.16. The predicted octanol–water partition coefficient (Wildman–Crippen LogP) is 1.19. The lowest BCUT2D eigenvalue weighted by atomic mass is 9.91. The van der Waals surface area contributed by atoms with Crippen molar-refractivity contribution in [2.75, 3.05) is 13.6 Å². The number of likely N-dealkylation sites (N-methyl/N-ethyl adjacent to an activating group) is 1. The Morgan fingerprint density at radius 2 is 2.12 bits per heavy atom. The van der Waals surface area contributed by atoms with Crippen molar-refractivity contribution in [1.82, 2.24) is 14.5 Å². The summed E-state index contributed by atoms with van der Waals surface area (Å²) in [4.78, 5) is 14.5. The van der Waals surface area contributed by atoms with E-state index < -0.39 is 0 Å². The average Bonchev–Trinajstić information content (AvgIpc) is 2.62. The van der Waals surface area contributed by atoms with E-state index in [1.807, 2.05) is 20.8 Å². The molecule has 94 valence electrons. The second kappa shape index (κ2) is 5.05. The maximum atomic E-state index is 12.1. The van der Waals surface area contributed by atoms with E-state index in [1.54, 1.807) is 7.05 Å². The Hall–Kier alpha value is -1.08. The average molecular weight is 272 g/mol. The van der Waals surface area contributed by atoms with Gasteiger partial charge in [0.2, 0.25) is 0 Å². The molecule has 1 aromatic rings. The van der Waals surface area contributed by atoms with Crippen LogP contribution in [0.2, 0.25) is 0 Å². The topological polar surface area (TPSA) is 72.1 Å². The van der Waals surface area contributed by atoms with Crippen LogP contribution in [0.25, 0.3) is 0 Å². The molecular formula is C10H16N4OS2. The summed E-state index contributed by atoms with van der Waals surface area (Å²) in [6.07, 6.45) is 0. The fourth-order valence-corrected chi connectivity index (χ4v) is 2.37. The van der Waals surface area contributed by atoms with Crippen molar-refractivity contribution in [1.29, 1.82) is 0 Å². The fourth-order valence-electron chi connectivity index (χ4n) is 1.30. The Balaban J connectivity index is 2.98. The van der Waals surface area contributed by atoms with Crippen LogP contribution in [-0.2, 0) is 5.41 Å². The summed E-state index contributed by atoms with van der Waals surface area (Å²) >= 11 is 5.89. The minimum absolute atomic E-state index is 0.141. The molecule has 0 fully saturated rings. The number of hydrogen-bond acceptors (Lipinski definition) is 5. The fraction of sp³-hybridized carbons (Fsp3) is 0.600. The lowest BCUT2D eigenvalue weighted by Gasteiger charge is -2.19. The third kappa shape index (κ3) is 3.44. The summed E-state index contributed by atoms with van der Waals surface area (Å²) in [5.41, 5.74) is 5.92. The first-order valence-corrected chi connectivity index (χ1v) is 6.28. The third-order valence-corrected chi connectivity index (χ3v) is 2.98. The summed E-state index contributed by atoms with van der Waals surface area (Å²) in [6.45, 7) is 6.24. The molecule has 2 N–H and O–H groups in total. The van der Waals surface area contributed by atoms with Crippen LogP contribution >= 0.6 is 23.8 Å². The summed E-state index contributed by atoms with van der Waals surface area (Å²) < 4.78 is 3.85. The van der Waals surface area contributed by atoms with Gasteiger partial charge in [-0.1, -0.05) is 37.5 Å². The summed E-state index contributed by atoms with van der Waals surface area (Å²) in [6, 6.07) is 0. The van der Waals surface area contributed by atoms with E-state index >= 15 is 0 Å². The van der Waals surface area contributed by atoms with Crippen molar-refractivity contribution in [2.45, 2.75) is 26.2 Å². The SMILES string of the molecule is CN(CC(N)=S)C(=O)c1snnc1C(C)(C)C. The number of nitrogens with zero attached hydrogens (tertiary/aromatic N) is 3. The zero-order valence-electron chi connectivity index (χ0n) is 10.4. The van der Waals surface area contributed by atoms with Gasteiger partial charge in [0.25, 0.3) is 5.91 Å². The number of carbonyl (C=O) groups excluding carboxylic acids is 1. The van der Waals surface area contributed by atoms with Gasteiger partial charge in [0.05, 0.1) is 17.2 Å². The standard InChI is InChI=1S/C10H16N4OS2/c1-10(2,3)8-7(17-13-12-8)9(15)14(4)5-6(11)16/h5H2,1-4H3,(H2,11,16). The summed E-state index contributed by atoms with van der Waals surface area (Å²) in [7, 11) is 1.66. The van der Waals surface area contributed by atoms with E-state index in [0.29, 0.717) is 10.6 Å². The van der Waals surface area contributed by atoms with Gasteiger partial charge in [-0.15, -0.1) is 5.10 Å². The van der Waals surface area contributed by atoms with Crippen molar-refractivity contribution in [3.8, 4) is 0 Å². The molecular weight excluding hydrogens is 256 g/mol. The number of aromatic nitrogens is 2. The van der Waals surface area contributed by atoms with Gasteiger partial charge in [-0.3, -0.25) is 4.79 Å². The predicted molar refractivity (Wildman–Crippen MR) is 72.4 cm³/mol. The van der Waals surface area contributed by atoms with E-state index in [4.69, 9.17) is 18.0 Å². The number of thiocarbonyl (C=S) groups is 1. The maximum absolute atomic E-state index is 12.1. The molecule has 1 aromatic heterocycles. The number of nitrogens with two attached hydrogens (primary N) is 1. The van der Waals surface area contributed by atoms with Crippen LogP contribution in [0.4, 0.5) is 0 Å². The molecule has 0 atom stereocenters. The van der Waals surface area contributed by atoms with Crippen molar-refractivity contribution in [2.24, 2.45) is 5.73 Å². The Bertz CT molecular complexity index is 436. The van der Waals surface area contributed by atoms with Crippen LogP contribution < -0.4 is 5.73 Å². The molecule has 0 aliphatic heterocycles. The highest BCUT2D eigenvalue weighted by molar-refractivity contribution is 7.80. The number of amides is 1. The normalized spacial score (nSPS) is 11.3. The second-order valence-electron chi connectivity index (χ2n) is 4.83. The maximum Gasteiger partial charge on any atom is 0.267 e. The lowest BCUT2D eigenvalue weighted by Crippen LogP contribution is -2.35. The Morgan fingerprint density at radius 1 is 1.53 bits per heavy atom. The molecule has 1 amide bonds. The molecule has 0 bridgehead atoms. The van der Waals surface area contributed by atoms with E-state index in [2.05, 4.69) is 9.59 Å². The highest BCUT2D eigenvalue weighted by Crippen LogP contribution is 2.26. The van der Waals surface area contributed by atoms with Crippen molar-refractivity contribution in [3.63, 3.8) is 0 Å². The number of carbonyl (C=O) groups is 1. The minimum Gasteiger partial charge on any atom is -0.392 e. The highest BCUT2D eigenvalue weighted by atomic mass is 32.1. The van der Waals surface area contributed by atoms with Crippen LogP contribution in [0, 0.1) is 0 Å².